The van der Waals surface area contributed by atoms with Crippen LogP contribution in [0.4, 0.5) is 5.69 Å². The Hall–Kier alpha value is -1.98. The molecule has 1 aromatic heterocycles. The smallest absolute Gasteiger partial charge is 0.329 e. The molecule has 0 aliphatic heterocycles. The van der Waals surface area contributed by atoms with Crippen molar-refractivity contribution in [2.24, 2.45) is 5.92 Å². The number of carbonyl (C=O) groups excluding carboxylic acids is 1. The Balaban J connectivity index is 2.19. The molecule has 1 aliphatic rings. The number of pyridine rings is 1. The van der Waals surface area contributed by atoms with E-state index in [0.717, 1.165) is 19.0 Å². The van der Waals surface area contributed by atoms with Crippen molar-refractivity contribution >= 4 is 11.7 Å². The van der Waals surface area contributed by atoms with Gasteiger partial charge in [0.05, 0.1) is 10.8 Å². The van der Waals surface area contributed by atoms with E-state index < -0.39 is 10.9 Å². The van der Waals surface area contributed by atoms with Crippen LogP contribution in [-0.4, -0.2) is 15.9 Å². The fourth-order valence-corrected chi connectivity index (χ4v) is 1.11. The van der Waals surface area contributed by atoms with Crippen molar-refractivity contribution < 1.29 is 14.5 Å². The Morgan fingerprint density at radius 2 is 2.33 bits per heavy atom. The van der Waals surface area contributed by atoms with Gasteiger partial charge < -0.3 is 4.74 Å². The normalized spacial score (nSPS) is 14.7. The van der Waals surface area contributed by atoms with Crippen molar-refractivity contribution in [1.82, 2.24) is 4.98 Å². The van der Waals surface area contributed by atoms with E-state index >= 15 is 0 Å². The molecule has 0 bridgehead atoms. The second-order valence-corrected chi connectivity index (χ2v) is 3.30. The van der Waals surface area contributed by atoms with Crippen LogP contribution in [0.15, 0.2) is 18.5 Å². The molecule has 0 atom stereocenters. The highest BCUT2D eigenvalue weighted by Crippen LogP contribution is 2.32. The lowest BCUT2D eigenvalue weighted by Crippen LogP contribution is -2.11. The van der Waals surface area contributed by atoms with Gasteiger partial charge in [0.15, 0.2) is 0 Å². The summed E-state index contributed by atoms with van der Waals surface area (Å²) in [7, 11) is 0. The molecule has 15 heavy (non-hydrogen) atoms. The first-order valence-electron chi connectivity index (χ1n) is 4.48. The van der Waals surface area contributed by atoms with Crippen LogP contribution in [0.2, 0.25) is 0 Å². The Morgan fingerprint density at radius 3 is 2.93 bits per heavy atom. The molecule has 1 aromatic rings. The number of nitrogens with zero attached hydrogens (tertiary/aromatic N) is 2. The van der Waals surface area contributed by atoms with Crippen LogP contribution in [-0.2, 0) is 4.79 Å². The van der Waals surface area contributed by atoms with Crippen molar-refractivity contribution in [2.75, 3.05) is 0 Å². The predicted octanol–water partition coefficient (Wildman–Crippen LogP) is 1.31. The Labute approximate surface area is 85.0 Å². The molecule has 0 spiro atoms. The zero-order valence-corrected chi connectivity index (χ0v) is 7.75. The topological polar surface area (TPSA) is 82.3 Å². The molecule has 1 aliphatic carbocycles. The summed E-state index contributed by atoms with van der Waals surface area (Å²) >= 11 is 0. The van der Waals surface area contributed by atoms with Crippen molar-refractivity contribution in [2.45, 2.75) is 12.8 Å². The lowest BCUT2D eigenvalue weighted by molar-refractivity contribution is -0.386. The fraction of sp³-hybridized carbons (Fsp3) is 0.333. The van der Waals surface area contributed by atoms with Gasteiger partial charge in [0, 0.05) is 12.3 Å². The van der Waals surface area contributed by atoms with Gasteiger partial charge in [-0.05, 0) is 12.8 Å². The molecule has 6 heteroatoms. The molecule has 78 valence electrons. The lowest BCUT2D eigenvalue weighted by Gasteiger charge is -2.02. The summed E-state index contributed by atoms with van der Waals surface area (Å²) in [6.45, 7) is 0. The minimum atomic E-state index is -0.623. The van der Waals surface area contributed by atoms with Crippen molar-refractivity contribution in [1.29, 1.82) is 0 Å². The maximum absolute atomic E-state index is 11.3. The Morgan fingerprint density at radius 1 is 1.60 bits per heavy atom. The largest absolute Gasteiger partial charge is 0.419 e. The quantitative estimate of drug-likeness (QED) is 0.424. The maximum Gasteiger partial charge on any atom is 0.329 e. The molecule has 0 amide bonds. The molecule has 1 saturated carbocycles. The van der Waals surface area contributed by atoms with E-state index in [-0.39, 0.29) is 17.4 Å². The summed E-state index contributed by atoms with van der Waals surface area (Å²) in [6, 6.07) is 1.32. The second kappa shape index (κ2) is 3.64. The molecule has 1 fully saturated rings. The number of carbonyl (C=O) groups is 1. The molecule has 0 saturated heterocycles. The van der Waals surface area contributed by atoms with Gasteiger partial charge in [0.2, 0.25) is 5.75 Å². The van der Waals surface area contributed by atoms with Gasteiger partial charge in [-0.1, -0.05) is 0 Å². The van der Waals surface area contributed by atoms with E-state index in [9.17, 15) is 14.9 Å². The molecular weight excluding hydrogens is 200 g/mol. The van der Waals surface area contributed by atoms with E-state index in [0.29, 0.717) is 0 Å². The van der Waals surface area contributed by atoms with Gasteiger partial charge in [-0.25, -0.2) is 0 Å². The van der Waals surface area contributed by atoms with E-state index in [4.69, 9.17) is 4.74 Å². The minimum absolute atomic E-state index is 0.0353. The lowest BCUT2D eigenvalue weighted by atomic mass is 10.4. The summed E-state index contributed by atoms with van der Waals surface area (Å²) in [5.74, 6) is -0.519. The third kappa shape index (κ3) is 2.09. The van der Waals surface area contributed by atoms with E-state index in [1.54, 1.807) is 0 Å². The van der Waals surface area contributed by atoms with Gasteiger partial charge in [-0.15, -0.1) is 0 Å². The van der Waals surface area contributed by atoms with Crippen LogP contribution in [0, 0.1) is 16.0 Å². The van der Waals surface area contributed by atoms with Gasteiger partial charge in [-0.3, -0.25) is 19.9 Å². The fourth-order valence-electron chi connectivity index (χ4n) is 1.11. The molecule has 0 N–H and O–H groups in total. The number of aromatic nitrogens is 1. The van der Waals surface area contributed by atoms with Crippen LogP contribution in [0.1, 0.15) is 12.8 Å². The van der Waals surface area contributed by atoms with Crippen LogP contribution >= 0.6 is 0 Å². The summed E-state index contributed by atoms with van der Waals surface area (Å²) < 4.78 is 4.91. The van der Waals surface area contributed by atoms with Crippen molar-refractivity contribution in [3.05, 3.63) is 28.6 Å². The summed E-state index contributed by atoms with van der Waals surface area (Å²) in [5.41, 5.74) is -0.286. The molecule has 0 aromatic carbocycles. The molecule has 1 heterocycles. The van der Waals surface area contributed by atoms with Crippen LogP contribution in [0.25, 0.3) is 0 Å². The van der Waals surface area contributed by atoms with Crippen LogP contribution in [0.3, 0.4) is 0 Å². The summed E-state index contributed by atoms with van der Waals surface area (Å²) in [4.78, 5) is 24.8. The number of rotatable bonds is 3. The zero-order valence-electron chi connectivity index (χ0n) is 7.75. The first kappa shape index (κ1) is 9.57. The van der Waals surface area contributed by atoms with E-state index in [1.165, 1.54) is 12.3 Å². The molecule has 2 rings (SSSR count). The minimum Gasteiger partial charge on any atom is -0.419 e. The zero-order chi connectivity index (χ0) is 10.8. The number of hydrogen-bond donors (Lipinski definition) is 0. The van der Waals surface area contributed by atoms with Crippen molar-refractivity contribution in [3.63, 3.8) is 0 Å². The Bertz CT molecular complexity index is 414. The standard InChI is InChI=1S/C9H8N2O4/c12-9(6-1-2-6)15-8-3-4-10-5-7(8)11(13)14/h3-6H,1-2H2. The van der Waals surface area contributed by atoms with E-state index in [1.807, 2.05) is 0 Å². The first-order chi connectivity index (χ1) is 7.18. The molecule has 0 unspecified atom stereocenters. The van der Waals surface area contributed by atoms with Crippen LogP contribution in [0.5, 0.6) is 5.75 Å². The van der Waals surface area contributed by atoms with Crippen molar-refractivity contribution in [3.8, 4) is 5.75 Å². The summed E-state index contributed by atoms with van der Waals surface area (Å²) in [5, 5.41) is 10.6. The summed E-state index contributed by atoms with van der Waals surface area (Å²) in [6.07, 6.45) is 4.02. The second-order valence-electron chi connectivity index (χ2n) is 3.30. The SMILES string of the molecule is O=C(Oc1ccncc1[N+](=O)[O-])C1CC1. The Kier molecular flexibility index (Phi) is 2.32. The predicted molar refractivity (Wildman–Crippen MR) is 49.3 cm³/mol. The maximum atomic E-state index is 11.3. The molecular formula is C9H8N2O4. The monoisotopic (exact) mass is 208 g/mol. The highest BCUT2D eigenvalue weighted by Gasteiger charge is 2.33. The molecule has 6 nitrogen and oxygen atoms in total. The number of nitro groups is 1. The van der Waals surface area contributed by atoms with Gasteiger partial charge in [0.1, 0.15) is 6.20 Å². The number of ether oxygens (including phenoxy) is 1. The average Bonchev–Trinajstić information content (AvgIpc) is 3.01. The third-order valence-corrected chi connectivity index (χ3v) is 2.08. The van der Waals surface area contributed by atoms with Gasteiger partial charge in [-0.2, -0.15) is 0 Å². The average molecular weight is 208 g/mol. The number of hydrogen-bond acceptors (Lipinski definition) is 5. The molecule has 0 radical (unpaired) electrons. The van der Waals surface area contributed by atoms with Crippen LogP contribution < -0.4 is 4.74 Å². The highest BCUT2D eigenvalue weighted by molar-refractivity contribution is 5.78. The third-order valence-electron chi connectivity index (χ3n) is 2.08. The van der Waals surface area contributed by atoms with Gasteiger partial charge >= 0.3 is 11.7 Å². The van der Waals surface area contributed by atoms with Gasteiger partial charge in [0.25, 0.3) is 0 Å². The number of esters is 1. The van der Waals surface area contributed by atoms with E-state index in [2.05, 4.69) is 4.98 Å². The first-order valence-corrected chi connectivity index (χ1v) is 4.48. The highest BCUT2D eigenvalue weighted by atomic mass is 16.6.